The Morgan fingerprint density at radius 2 is 1.40 bits per heavy atom. The van der Waals surface area contributed by atoms with Gasteiger partial charge in [-0.1, -0.05) is 6.07 Å². The highest BCUT2D eigenvalue weighted by molar-refractivity contribution is 6.58. The largest absolute Gasteiger partial charge is 0.488 e. The summed E-state index contributed by atoms with van der Waals surface area (Å²) in [5, 5.41) is 17.5. The van der Waals surface area contributed by atoms with Crippen molar-refractivity contribution < 1.29 is 40.8 Å². The Balaban J connectivity index is 3.42. The maximum atomic E-state index is 13.4. The number of anilines is 1. The Bertz CT molecular complexity index is 504. The Kier molecular flexibility index (Phi) is 3.98. The van der Waals surface area contributed by atoms with Crippen molar-refractivity contribution in [2.75, 3.05) is 5.73 Å². The zero-order valence-corrected chi connectivity index (χ0v) is 9.43. The molecule has 0 saturated carbocycles. The third kappa shape index (κ3) is 2.68. The van der Waals surface area contributed by atoms with Crippen molar-refractivity contribution in [3.05, 3.63) is 23.8 Å². The summed E-state index contributed by atoms with van der Waals surface area (Å²) in [5.41, 5.74) is 1.93. The topological polar surface area (TPSA) is 66.5 Å². The van der Waals surface area contributed by atoms with Crippen LogP contribution in [0.1, 0.15) is 5.56 Å². The molecule has 0 spiro atoms. The van der Waals surface area contributed by atoms with Crippen LogP contribution in [0.15, 0.2) is 18.2 Å². The third-order valence-corrected chi connectivity index (χ3v) is 2.39. The maximum Gasteiger partial charge on any atom is 0.488 e. The van der Waals surface area contributed by atoms with Crippen LogP contribution < -0.4 is 11.2 Å². The van der Waals surface area contributed by atoms with E-state index in [1.54, 1.807) is 0 Å². The lowest BCUT2D eigenvalue weighted by molar-refractivity contribution is -0.359. The molecule has 20 heavy (non-hydrogen) atoms. The second-order valence-corrected chi connectivity index (χ2v) is 3.91. The van der Waals surface area contributed by atoms with Crippen molar-refractivity contribution >= 4 is 18.3 Å². The molecule has 0 aliphatic rings. The van der Waals surface area contributed by atoms with E-state index in [0.717, 1.165) is 6.07 Å². The quantitative estimate of drug-likeness (QED) is 0.447. The van der Waals surface area contributed by atoms with Crippen molar-refractivity contribution in [3.63, 3.8) is 0 Å². The highest BCUT2D eigenvalue weighted by Crippen LogP contribution is 2.51. The van der Waals surface area contributed by atoms with Crippen LogP contribution >= 0.6 is 0 Å². The number of nitrogens with two attached hydrogens (primary N) is 1. The molecule has 0 fully saturated rings. The molecule has 0 atom stereocenters. The van der Waals surface area contributed by atoms with E-state index in [1.807, 2.05) is 0 Å². The summed E-state index contributed by atoms with van der Waals surface area (Å²) >= 11 is 0. The van der Waals surface area contributed by atoms with Crippen molar-refractivity contribution in [1.29, 1.82) is 0 Å². The second kappa shape index (κ2) is 4.81. The molecule has 0 unspecified atom stereocenters. The van der Waals surface area contributed by atoms with Crippen LogP contribution in [0.2, 0.25) is 0 Å². The Morgan fingerprint density at radius 1 is 0.900 bits per heavy atom. The Labute approximate surface area is 108 Å². The number of hydrogen-bond donors (Lipinski definition) is 3. The number of benzene rings is 1. The second-order valence-electron chi connectivity index (χ2n) is 3.91. The molecule has 112 valence electrons. The number of hydrogen-bond acceptors (Lipinski definition) is 3. The average Bonchev–Trinajstić information content (AvgIpc) is 2.26. The van der Waals surface area contributed by atoms with E-state index in [1.165, 1.54) is 0 Å². The van der Waals surface area contributed by atoms with Gasteiger partial charge in [-0.2, -0.15) is 30.7 Å². The van der Waals surface area contributed by atoms with Crippen molar-refractivity contribution in [1.82, 2.24) is 0 Å². The summed E-state index contributed by atoms with van der Waals surface area (Å²) in [7, 11) is -2.35. The standard InChI is InChI=1S/C9H7BF7NO2/c11-7(12,8(13,14)9(15,16)17)4-1-5(10(19)20)3-6(18)2-4/h1-3,19-20H,18H2. The van der Waals surface area contributed by atoms with Crippen LogP contribution in [0.4, 0.5) is 36.4 Å². The molecule has 0 aliphatic carbocycles. The summed E-state index contributed by atoms with van der Waals surface area (Å²) in [4.78, 5) is 0. The van der Waals surface area contributed by atoms with Gasteiger partial charge in [-0.15, -0.1) is 0 Å². The minimum absolute atomic E-state index is 0.112. The lowest BCUT2D eigenvalue weighted by Crippen LogP contribution is -2.50. The van der Waals surface area contributed by atoms with Crippen molar-refractivity contribution in [2.45, 2.75) is 18.0 Å². The predicted octanol–water partition coefficient (Wildman–Crippen LogP) is 1.24. The van der Waals surface area contributed by atoms with Gasteiger partial charge in [-0.05, 0) is 17.6 Å². The molecule has 1 aromatic carbocycles. The first kappa shape index (κ1) is 16.6. The number of rotatable bonds is 3. The molecule has 11 heteroatoms. The molecule has 0 heterocycles. The van der Waals surface area contributed by atoms with E-state index in [2.05, 4.69) is 0 Å². The monoisotopic (exact) mass is 305 g/mol. The lowest BCUT2D eigenvalue weighted by Gasteiger charge is -2.28. The molecule has 0 saturated heterocycles. The van der Waals surface area contributed by atoms with Gasteiger partial charge in [0.05, 0.1) is 0 Å². The molecule has 0 radical (unpaired) electrons. The predicted molar refractivity (Wildman–Crippen MR) is 55.6 cm³/mol. The summed E-state index contributed by atoms with van der Waals surface area (Å²) in [6, 6.07) is 1.06. The molecule has 0 aromatic heterocycles. The molecule has 0 aliphatic heterocycles. The SMILES string of the molecule is Nc1cc(B(O)O)cc(C(F)(F)C(F)(F)C(F)(F)F)c1. The zero-order valence-electron chi connectivity index (χ0n) is 9.43. The van der Waals surface area contributed by atoms with Crippen LogP contribution in [0.25, 0.3) is 0 Å². The molecule has 0 bridgehead atoms. The fourth-order valence-electron chi connectivity index (χ4n) is 1.37. The first-order valence-electron chi connectivity index (χ1n) is 4.90. The third-order valence-electron chi connectivity index (χ3n) is 2.39. The molecule has 1 aromatic rings. The summed E-state index contributed by atoms with van der Waals surface area (Å²) in [6.45, 7) is 0. The Morgan fingerprint density at radius 3 is 1.80 bits per heavy atom. The average molecular weight is 305 g/mol. The molecule has 3 nitrogen and oxygen atoms in total. The van der Waals surface area contributed by atoms with Crippen LogP contribution in [-0.2, 0) is 5.92 Å². The molecule has 1 rings (SSSR count). The summed E-state index contributed by atoms with van der Waals surface area (Å²) in [6.07, 6.45) is -6.49. The van der Waals surface area contributed by atoms with Gasteiger partial charge in [0.2, 0.25) is 0 Å². The zero-order chi connectivity index (χ0) is 15.9. The van der Waals surface area contributed by atoms with Crippen LogP contribution in [0.3, 0.4) is 0 Å². The van der Waals surface area contributed by atoms with E-state index >= 15 is 0 Å². The minimum atomic E-state index is -6.49. The number of halogens is 7. The van der Waals surface area contributed by atoms with Crippen LogP contribution in [-0.4, -0.2) is 29.3 Å². The highest BCUT2D eigenvalue weighted by Gasteiger charge is 2.73. The van der Waals surface area contributed by atoms with Crippen LogP contribution in [0, 0.1) is 0 Å². The fraction of sp³-hybridized carbons (Fsp3) is 0.333. The number of nitrogen functional groups attached to an aromatic ring is 1. The first-order chi connectivity index (χ1) is 8.80. The van der Waals surface area contributed by atoms with E-state index in [4.69, 9.17) is 15.8 Å². The van der Waals surface area contributed by atoms with Gasteiger partial charge in [0, 0.05) is 11.3 Å². The highest BCUT2D eigenvalue weighted by atomic mass is 19.4. The molecule has 0 amide bonds. The normalized spacial score (nSPS) is 13.4. The van der Waals surface area contributed by atoms with Gasteiger partial charge < -0.3 is 15.8 Å². The first-order valence-corrected chi connectivity index (χ1v) is 4.90. The lowest BCUT2D eigenvalue weighted by atomic mass is 9.78. The molecular formula is C9H7BF7NO2. The summed E-state index contributed by atoms with van der Waals surface area (Å²) < 4.78 is 88.4. The minimum Gasteiger partial charge on any atom is -0.423 e. The van der Waals surface area contributed by atoms with Crippen molar-refractivity contribution in [3.8, 4) is 0 Å². The van der Waals surface area contributed by atoms with Crippen molar-refractivity contribution in [2.24, 2.45) is 0 Å². The van der Waals surface area contributed by atoms with E-state index in [0.29, 0.717) is 0 Å². The Hall–Kier alpha value is -1.49. The summed E-state index contributed by atoms with van der Waals surface area (Å²) in [5.74, 6) is -12.0. The van der Waals surface area contributed by atoms with Gasteiger partial charge in [0.15, 0.2) is 0 Å². The van der Waals surface area contributed by atoms with E-state index < -0.39 is 41.9 Å². The molecular weight excluding hydrogens is 298 g/mol. The van der Waals surface area contributed by atoms with Gasteiger partial charge in [0.25, 0.3) is 0 Å². The maximum absolute atomic E-state index is 13.4. The fourth-order valence-corrected chi connectivity index (χ4v) is 1.37. The number of alkyl halides is 7. The smallest absolute Gasteiger partial charge is 0.423 e. The van der Waals surface area contributed by atoms with Gasteiger partial charge in [0.1, 0.15) is 0 Å². The van der Waals surface area contributed by atoms with Gasteiger partial charge >= 0.3 is 25.1 Å². The molecule has 4 N–H and O–H groups in total. The van der Waals surface area contributed by atoms with E-state index in [9.17, 15) is 30.7 Å². The van der Waals surface area contributed by atoms with E-state index in [-0.39, 0.29) is 12.1 Å². The van der Waals surface area contributed by atoms with Crippen LogP contribution in [0.5, 0.6) is 0 Å². The van der Waals surface area contributed by atoms with Gasteiger partial charge in [-0.3, -0.25) is 0 Å². The van der Waals surface area contributed by atoms with Gasteiger partial charge in [-0.25, -0.2) is 0 Å².